The third-order valence-electron chi connectivity index (χ3n) is 1.49. The van der Waals surface area contributed by atoms with Crippen molar-refractivity contribution >= 4 is 11.8 Å². The molecule has 0 aromatic carbocycles. The lowest BCUT2D eigenvalue weighted by molar-refractivity contribution is 0.469. The Labute approximate surface area is 104 Å². The Morgan fingerprint density at radius 1 is 0.667 bits per heavy atom. The van der Waals surface area contributed by atoms with Gasteiger partial charge in [0.2, 0.25) is 0 Å². The van der Waals surface area contributed by atoms with E-state index < -0.39 is 0 Å². The first kappa shape index (κ1) is 20.7. The number of hydrogen-bond acceptors (Lipinski definition) is 1. The monoisotopic (exact) mass is 234 g/mol. The Morgan fingerprint density at radius 3 is 0.933 bits per heavy atom. The zero-order valence-corrected chi connectivity index (χ0v) is 12.2. The maximum atomic E-state index is 2.26. The average molecular weight is 234 g/mol. The van der Waals surface area contributed by atoms with Crippen LogP contribution in [0, 0.1) is 11.8 Å². The predicted molar refractivity (Wildman–Crippen MR) is 78.9 cm³/mol. The van der Waals surface area contributed by atoms with E-state index in [4.69, 9.17) is 0 Å². The number of hydrogen-bond donors (Lipinski definition) is 0. The van der Waals surface area contributed by atoms with Gasteiger partial charge in [0.1, 0.15) is 0 Å². The largest absolute Gasteiger partial charge is 0.156 e. The summed E-state index contributed by atoms with van der Waals surface area (Å²) >= 11 is 2.01. The maximum Gasteiger partial charge on any atom is -0.000711 e. The van der Waals surface area contributed by atoms with Gasteiger partial charge in [-0.2, -0.15) is 11.8 Å². The molecular weight excluding hydrogens is 200 g/mol. The van der Waals surface area contributed by atoms with Crippen LogP contribution in [0.4, 0.5) is 0 Å². The molecule has 0 nitrogen and oxygen atoms in total. The third kappa shape index (κ3) is 31.4. The van der Waals surface area contributed by atoms with E-state index in [1.54, 1.807) is 0 Å². The summed E-state index contributed by atoms with van der Waals surface area (Å²) in [6.45, 7) is 18.0. The van der Waals surface area contributed by atoms with Crippen molar-refractivity contribution in [1.29, 1.82) is 0 Å². The van der Waals surface area contributed by atoms with Crippen molar-refractivity contribution in [2.45, 2.75) is 79.7 Å². The zero-order chi connectivity index (χ0) is 11.7. The molecule has 0 aliphatic rings. The summed E-state index contributed by atoms with van der Waals surface area (Å²) in [7, 11) is 0. The van der Waals surface area contributed by atoms with Crippen molar-refractivity contribution in [3.8, 4) is 0 Å². The summed E-state index contributed by atoms with van der Waals surface area (Å²) in [4.78, 5) is 0. The summed E-state index contributed by atoms with van der Waals surface area (Å²) < 4.78 is 0. The first-order chi connectivity index (χ1) is 6.25. The quantitative estimate of drug-likeness (QED) is 0.587. The lowest BCUT2D eigenvalue weighted by atomic mass is 10.0. The van der Waals surface area contributed by atoms with Gasteiger partial charge in [-0.15, -0.1) is 0 Å². The highest BCUT2D eigenvalue weighted by Crippen LogP contribution is 2.14. The molecule has 15 heavy (non-hydrogen) atoms. The molecule has 0 aliphatic heterocycles. The fourth-order valence-corrected chi connectivity index (χ4v) is 2.58. The molecule has 0 aromatic rings. The Kier molecular flexibility index (Phi) is 17.2. The second kappa shape index (κ2) is 12.4. The maximum absolute atomic E-state index is 2.26. The molecule has 0 N–H and O–H groups in total. The van der Waals surface area contributed by atoms with E-state index in [0.29, 0.717) is 0 Å². The number of thioether (sulfide) groups is 1. The lowest BCUT2D eigenvalue weighted by Crippen LogP contribution is -1.94. The first-order valence-corrected chi connectivity index (χ1v) is 6.85. The predicted octanol–water partition coefficient (Wildman–Crippen LogP) is 5.86. The topological polar surface area (TPSA) is 0 Å². The molecule has 0 bridgehead atoms. The SMILES string of the molecule is C.CC(C)CC(C)C.CC(C)SC(C)C. The van der Waals surface area contributed by atoms with E-state index in [2.05, 4.69) is 55.4 Å². The summed E-state index contributed by atoms with van der Waals surface area (Å²) in [5.74, 6) is 1.75. The van der Waals surface area contributed by atoms with Gasteiger partial charge < -0.3 is 0 Å². The molecule has 0 aromatic heterocycles. The van der Waals surface area contributed by atoms with Gasteiger partial charge in [-0.3, -0.25) is 0 Å². The lowest BCUT2D eigenvalue weighted by Gasteiger charge is -2.05. The molecular formula is C14H34S. The van der Waals surface area contributed by atoms with Crippen LogP contribution in [0.3, 0.4) is 0 Å². The van der Waals surface area contributed by atoms with E-state index in [1.165, 1.54) is 6.42 Å². The Balaban J connectivity index is -0.000000180. The minimum absolute atomic E-state index is 0. The van der Waals surface area contributed by atoms with Crippen molar-refractivity contribution in [2.24, 2.45) is 11.8 Å². The van der Waals surface area contributed by atoms with Gasteiger partial charge in [0, 0.05) is 0 Å². The van der Waals surface area contributed by atoms with Gasteiger partial charge in [0.25, 0.3) is 0 Å². The van der Waals surface area contributed by atoms with Gasteiger partial charge in [-0.1, -0.05) is 62.8 Å². The molecule has 0 spiro atoms. The van der Waals surface area contributed by atoms with Crippen molar-refractivity contribution in [3.63, 3.8) is 0 Å². The number of rotatable bonds is 4. The van der Waals surface area contributed by atoms with Gasteiger partial charge in [0.05, 0.1) is 0 Å². The average Bonchev–Trinajstić information content (AvgIpc) is 1.79. The second-order valence-electron chi connectivity index (χ2n) is 5.26. The fourth-order valence-electron chi connectivity index (χ4n) is 1.49. The molecule has 0 fully saturated rings. The minimum Gasteiger partial charge on any atom is -0.156 e. The molecule has 0 heterocycles. The van der Waals surface area contributed by atoms with Crippen LogP contribution >= 0.6 is 11.8 Å². The van der Waals surface area contributed by atoms with Crippen molar-refractivity contribution in [3.05, 3.63) is 0 Å². The normalized spacial score (nSPS) is 10.4. The molecule has 1 heteroatoms. The van der Waals surface area contributed by atoms with Crippen LogP contribution in [-0.4, -0.2) is 10.5 Å². The summed E-state index contributed by atoms with van der Waals surface area (Å²) in [6, 6.07) is 0. The molecule has 96 valence electrons. The minimum atomic E-state index is 0. The molecule has 0 rings (SSSR count). The van der Waals surface area contributed by atoms with E-state index in [9.17, 15) is 0 Å². The van der Waals surface area contributed by atoms with Crippen LogP contribution in [0.2, 0.25) is 0 Å². The van der Waals surface area contributed by atoms with E-state index in [-0.39, 0.29) is 7.43 Å². The van der Waals surface area contributed by atoms with Crippen LogP contribution < -0.4 is 0 Å². The Hall–Kier alpha value is 0.350. The van der Waals surface area contributed by atoms with Crippen molar-refractivity contribution < 1.29 is 0 Å². The highest BCUT2D eigenvalue weighted by atomic mass is 32.2. The first-order valence-electron chi connectivity index (χ1n) is 5.91. The van der Waals surface area contributed by atoms with Crippen LogP contribution in [0.15, 0.2) is 0 Å². The van der Waals surface area contributed by atoms with Gasteiger partial charge in [-0.25, -0.2) is 0 Å². The molecule has 0 saturated carbocycles. The summed E-state index contributed by atoms with van der Waals surface area (Å²) in [6.07, 6.45) is 1.36. The van der Waals surface area contributed by atoms with Gasteiger partial charge in [-0.05, 0) is 28.8 Å². The second-order valence-corrected chi connectivity index (χ2v) is 7.41. The molecule has 0 saturated heterocycles. The molecule has 0 radical (unpaired) electrons. The van der Waals surface area contributed by atoms with Crippen molar-refractivity contribution in [2.75, 3.05) is 0 Å². The molecule has 0 unspecified atom stereocenters. The Bertz CT molecular complexity index is 77.9. The molecule has 0 amide bonds. The van der Waals surface area contributed by atoms with E-state index in [1.807, 2.05) is 11.8 Å². The summed E-state index contributed by atoms with van der Waals surface area (Å²) in [5, 5.41) is 1.58. The fraction of sp³-hybridized carbons (Fsp3) is 1.00. The molecule has 0 atom stereocenters. The highest BCUT2D eigenvalue weighted by Gasteiger charge is 1.96. The van der Waals surface area contributed by atoms with Gasteiger partial charge in [0.15, 0.2) is 0 Å². The van der Waals surface area contributed by atoms with Gasteiger partial charge >= 0.3 is 0 Å². The zero-order valence-electron chi connectivity index (χ0n) is 11.4. The standard InChI is InChI=1S/C7H16.C6H14S.CH4/c1-6(2)5-7(3)4;1-5(2)7-6(3)4;/h6-7H,5H2,1-4H3;5-6H,1-4H3;1H4. The van der Waals surface area contributed by atoms with Crippen LogP contribution in [0.1, 0.15) is 69.2 Å². The highest BCUT2D eigenvalue weighted by molar-refractivity contribution is 8.00. The van der Waals surface area contributed by atoms with Crippen LogP contribution in [0.5, 0.6) is 0 Å². The van der Waals surface area contributed by atoms with Crippen LogP contribution in [0.25, 0.3) is 0 Å². The molecule has 0 aliphatic carbocycles. The smallest absolute Gasteiger partial charge is 0.000711 e. The van der Waals surface area contributed by atoms with Crippen molar-refractivity contribution in [1.82, 2.24) is 0 Å². The summed E-state index contributed by atoms with van der Waals surface area (Å²) in [5.41, 5.74) is 0. The Morgan fingerprint density at radius 2 is 0.933 bits per heavy atom. The van der Waals surface area contributed by atoms with E-state index in [0.717, 1.165) is 22.3 Å². The van der Waals surface area contributed by atoms with Crippen LogP contribution in [-0.2, 0) is 0 Å². The van der Waals surface area contributed by atoms with E-state index >= 15 is 0 Å². The third-order valence-corrected chi connectivity index (χ3v) is 2.58.